The van der Waals surface area contributed by atoms with Crippen molar-refractivity contribution >= 4 is 17.5 Å². The van der Waals surface area contributed by atoms with Crippen LogP contribution in [-0.4, -0.2) is 54.8 Å². The van der Waals surface area contributed by atoms with Gasteiger partial charge in [-0.05, 0) is 63.8 Å². The number of anilines is 1. The molecule has 6 nitrogen and oxygen atoms in total. The van der Waals surface area contributed by atoms with E-state index in [0.717, 1.165) is 22.6 Å². The predicted molar refractivity (Wildman–Crippen MR) is 125 cm³/mol. The summed E-state index contributed by atoms with van der Waals surface area (Å²) in [6.45, 7) is 3.00. The number of benzene rings is 2. The number of carbonyl (C=O) groups is 2. The Morgan fingerprint density at radius 1 is 1.03 bits per heavy atom. The molecule has 0 radical (unpaired) electrons. The molecular formula is C26H29N3O3. The minimum Gasteiger partial charge on any atom is -0.464 e. The van der Waals surface area contributed by atoms with E-state index in [9.17, 15) is 9.59 Å². The van der Waals surface area contributed by atoms with Crippen LogP contribution in [0.2, 0.25) is 0 Å². The lowest BCUT2D eigenvalue weighted by atomic mass is 9.92. The fourth-order valence-corrected chi connectivity index (χ4v) is 4.11. The van der Waals surface area contributed by atoms with E-state index in [0.29, 0.717) is 25.1 Å². The zero-order chi connectivity index (χ0) is 22.7. The molecule has 1 N–H and O–H groups in total. The summed E-state index contributed by atoms with van der Waals surface area (Å²) in [7, 11) is 3.98. The van der Waals surface area contributed by atoms with Crippen molar-refractivity contribution in [1.82, 2.24) is 9.80 Å². The van der Waals surface area contributed by atoms with Gasteiger partial charge in [0.15, 0.2) is 0 Å². The number of furan rings is 1. The number of nitrogens with zero attached hydrogens (tertiary/aromatic N) is 2. The number of carbonyl (C=O) groups excluding carboxylic acids is 2. The van der Waals surface area contributed by atoms with Crippen LogP contribution in [0.4, 0.5) is 5.69 Å². The summed E-state index contributed by atoms with van der Waals surface area (Å²) >= 11 is 0. The highest BCUT2D eigenvalue weighted by Crippen LogP contribution is 2.25. The van der Waals surface area contributed by atoms with E-state index in [4.69, 9.17) is 4.42 Å². The molecule has 2 amide bonds. The molecule has 0 spiro atoms. The summed E-state index contributed by atoms with van der Waals surface area (Å²) in [6, 6.07) is 19.0. The van der Waals surface area contributed by atoms with Crippen LogP contribution in [0.1, 0.15) is 22.3 Å². The van der Waals surface area contributed by atoms with E-state index in [-0.39, 0.29) is 23.8 Å². The standard InChI is InChI=1S/C26H29N3O3/c1-18-9-11-22(12-10-18)27-25(30)21-15-23(28(2)3)17-29(16-21)26(31)20-7-4-6-19(14-20)24-8-5-13-32-24/h4-14,21,23H,15-17H2,1-3H3,(H,27,30). The molecule has 2 unspecified atom stereocenters. The van der Waals surface area contributed by atoms with Crippen LogP contribution < -0.4 is 5.32 Å². The van der Waals surface area contributed by atoms with Crippen molar-refractivity contribution in [2.45, 2.75) is 19.4 Å². The van der Waals surface area contributed by atoms with E-state index in [1.165, 1.54) is 0 Å². The van der Waals surface area contributed by atoms with E-state index < -0.39 is 0 Å². The minimum absolute atomic E-state index is 0.0532. The van der Waals surface area contributed by atoms with Crippen LogP contribution in [0, 0.1) is 12.8 Å². The fraction of sp³-hybridized carbons (Fsp3) is 0.308. The number of aryl methyl sites for hydroxylation is 1. The summed E-state index contributed by atoms with van der Waals surface area (Å²) in [5, 5.41) is 3.02. The third-order valence-electron chi connectivity index (χ3n) is 6.05. The topological polar surface area (TPSA) is 65.8 Å². The molecule has 166 valence electrons. The molecule has 6 heteroatoms. The van der Waals surface area contributed by atoms with Gasteiger partial charge in [0.25, 0.3) is 5.91 Å². The van der Waals surface area contributed by atoms with E-state index in [1.807, 2.05) is 81.7 Å². The van der Waals surface area contributed by atoms with Crippen LogP contribution in [-0.2, 0) is 4.79 Å². The smallest absolute Gasteiger partial charge is 0.253 e. The third-order valence-corrected chi connectivity index (χ3v) is 6.05. The zero-order valence-corrected chi connectivity index (χ0v) is 18.7. The first kappa shape index (κ1) is 21.8. The predicted octanol–water partition coefficient (Wildman–Crippen LogP) is 4.29. The maximum Gasteiger partial charge on any atom is 0.253 e. The molecule has 0 bridgehead atoms. The lowest BCUT2D eigenvalue weighted by molar-refractivity contribution is -0.121. The van der Waals surface area contributed by atoms with Crippen molar-refractivity contribution in [2.75, 3.05) is 32.5 Å². The highest BCUT2D eigenvalue weighted by atomic mass is 16.3. The van der Waals surface area contributed by atoms with Crippen molar-refractivity contribution in [1.29, 1.82) is 0 Å². The van der Waals surface area contributed by atoms with E-state index >= 15 is 0 Å². The molecule has 1 saturated heterocycles. The van der Waals surface area contributed by atoms with Gasteiger partial charge in [0.1, 0.15) is 5.76 Å². The molecule has 2 aromatic carbocycles. The summed E-state index contributed by atoms with van der Waals surface area (Å²) in [5.74, 6) is 0.315. The summed E-state index contributed by atoms with van der Waals surface area (Å²) in [6.07, 6.45) is 2.33. The van der Waals surface area contributed by atoms with Gasteiger partial charge in [0, 0.05) is 35.9 Å². The number of nitrogens with one attached hydrogen (secondary N) is 1. The Kier molecular flexibility index (Phi) is 6.42. The quantitative estimate of drug-likeness (QED) is 0.655. The molecular weight excluding hydrogens is 402 g/mol. The second-order valence-electron chi connectivity index (χ2n) is 8.67. The van der Waals surface area contributed by atoms with Crippen LogP contribution in [0.15, 0.2) is 71.3 Å². The SMILES string of the molecule is Cc1ccc(NC(=O)C2CC(N(C)C)CN(C(=O)c3cccc(-c4ccco4)c3)C2)cc1. The van der Waals surface area contributed by atoms with Crippen molar-refractivity contribution in [2.24, 2.45) is 5.92 Å². The van der Waals surface area contributed by atoms with Crippen molar-refractivity contribution in [3.8, 4) is 11.3 Å². The number of piperidine rings is 1. The van der Waals surface area contributed by atoms with Crippen molar-refractivity contribution in [3.05, 3.63) is 78.1 Å². The van der Waals surface area contributed by atoms with Gasteiger partial charge in [-0.15, -0.1) is 0 Å². The molecule has 0 saturated carbocycles. The molecule has 1 aromatic heterocycles. The highest BCUT2D eigenvalue weighted by molar-refractivity contribution is 5.97. The number of hydrogen-bond acceptors (Lipinski definition) is 4. The Bertz CT molecular complexity index is 1070. The van der Waals surface area contributed by atoms with E-state index in [1.54, 1.807) is 11.2 Å². The lowest BCUT2D eigenvalue weighted by Gasteiger charge is -2.40. The Labute approximate surface area is 188 Å². The normalized spacial score (nSPS) is 18.6. The molecule has 1 fully saturated rings. The van der Waals surface area contributed by atoms with Crippen molar-refractivity contribution in [3.63, 3.8) is 0 Å². The van der Waals surface area contributed by atoms with Gasteiger partial charge in [-0.3, -0.25) is 9.59 Å². The van der Waals surface area contributed by atoms with Crippen LogP contribution in [0.3, 0.4) is 0 Å². The van der Waals surface area contributed by atoms with Gasteiger partial charge >= 0.3 is 0 Å². The van der Waals surface area contributed by atoms with Gasteiger partial charge in [-0.2, -0.15) is 0 Å². The molecule has 0 aliphatic carbocycles. The first-order chi connectivity index (χ1) is 15.4. The molecule has 32 heavy (non-hydrogen) atoms. The molecule has 1 aliphatic rings. The highest BCUT2D eigenvalue weighted by Gasteiger charge is 2.35. The Balaban J connectivity index is 1.52. The molecule has 2 heterocycles. The van der Waals surface area contributed by atoms with Gasteiger partial charge in [-0.1, -0.05) is 29.8 Å². The fourth-order valence-electron chi connectivity index (χ4n) is 4.11. The Morgan fingerprint density at radius 3 is 2.50 bits per heavy atom. The van der Waals surface area contributed by atoms with Gasteiger partial charge in [0.05, 0.1) is 12.2 Å². The summed E-state index contributed by atoms with van der Waals surface area (Å²) in [4.78, 5) is 30.3. The van der Waals surface area contributed by atoms with Gasteiger partial charge in [-0.25, -0.2) is 0 Å². The largest absolute Gasteiger partial charge is 0.464 e. The molecule has 3 aromatic rings. The third kappa shape index (κ3) is 4.92. The maximum absolute atomic E-state index is 13.4. The van der Waals surface area contributed by atoms with E-state index in [2.05, 4.69) is 10.2 Å². The van der Waals surface area contributed by atoms with Gasteiger partial charge in [0.2, 0.25) is 5.91 Å². The zero-order valence-electron chi connectivity index (χ0n) is 18.7. The first-order valence-corrected chi connectivity index (χ1v) is 10.9. The monoisotopic (exact) mass is 431 g/mol. The number of likely N-dealkylation sites (tertiary alicyclic amines) is 1. The van der Waals surface area contributed by atoms with Crippen LogP contribution in [0.25, 0.3) is 11.3 Å². The Morgan fingerprint density at radius 2 is 1.81 bits per heavy atom. The van der Waals surface area contributed by atoms with Crippen LogP contribution in [0.5, 0.6) is 0 Å². The van der Waals surface area contributed by atoms with Gasteiger partial charge < -0.3 is 19.5 Å². The number of likely N-dealkylation sites (N-methyl/N-ethyl adjacent to an activating group) is 1. The second kappa shape index (κ2) is 9.40. The molecule has 2 atom stereocenters. The minimum atomic E-state index is -0.283. The Hall–Kier alpha value is -3.38. The lowest BCUT2D eigenvalue weighted by Crippen LogP contribution is -2.53. The number of hydrogen-bond donors (Lipinski definition) is 1. The maximum atomic E-state index is 13.4. The summed E-state index contributed by atoms with van der Waals surface area (Å²) in [5.41, 5.74) is 3.37. The molecule has 4 rings (SSSR count). The number of amides is 2. The number of rotatable bonds is 5. The average molecular weight is 432 g/mol. The average Bonchev–Trinajstić information content (AvgIpc) is 3.35. The molecule has 1 aliphatic heterocycles. The van der Waals surface area contributed by atoms with Crippen LogP contribution >= 0.6 is 0 Å². The summed E-state index contributed by atoms with van der Waals surface area (Å²) < 4.78 is 5.48. The second-order valence-corrected chi connectivity index (χ2v) is 8.67. The van der Waals surface area contributed by atoms with Crippen molar-refractivity contribution < 1.29 is 14.0 Å². The first-order valence-electron chi connectivity index (χ1n) is 10.9.